The summed E-state index contributed by atoms with van der Waals surface area (Å²) in [5, 5.41) is 15.0. The Labute approximate surface area is 142 Å². The summed E-state index contributed by atoms with van der Waals surface area (Å²) in [7, 11) is 1.60. The maximum atomic E-state index is 5.84. The largest absolute Gasteiger partial charge is 0.481 e. The van der Waals surface area contributed by atoms with Gasteiger partial charge in [-0.25, -0.2) is 15.1 Å². The fourth-order valence-corrected chi connectivity index (χ4v) is 2.68. The zero-order chi connectivity index (χ0) is 17.2. The van der Waals surface area contributed by atoms with Crippen molar-refractivity contribution in [3.8, 4) is 5.88 Å². The van der Waals surface area contributed by atoms with Crippen molar-refractivity contribution in [2.24, 2.45) is 0 Å². The number of aromatic amines is 1. The van der Waals surface area contributed by atoms with Gasteiger partial charge in [-0.1, -0.05) is 11.3 Å². The highest BCUT2D eigenvalue weighted by Gasteiger charge is 2.10. The van der Waals surface area contributed by atoms with E-state index in [2.05, 4.69) is 30.5 Å². The molecule has 3 N–H and O–H groups in total. The summed E-state index contributed by atoms with van der Waals surface area (Å²) in [6.07, 6.45) is 6.26. The smallest absolute Gasteiger partial charge is 0.212 e. The van der Waals surface area contributed by atoms with Crippen molar-refractivity contribution in [1.82, 2.24) is 35.2 Å². The van der Waals surface area contributed by atoms with E-state index in [4.69, 9.17) is 10.5 Å². The lowest BCUT2D eigenvalue weighted by atomic mass is 10.1. The predicted octanol–water partition coefficient (Wildman–Crippen LogP) is 1.17. The van der Waals surface area contributed by atoms with Gasteiger partial charge in [0.2, 0.25) is 5.88 Å². The Morgan fingerprint density at radius 2 is 2.16 bits per heavy atom. The van der Waals surface area contributed by atoms with Crippen molar-refractivity contribution in [3.63, 3.8) is 0 Å². The number of nitrogens with one attached hydrogen (secondary N) is 1. The third kappa shape index (κ3) is 3.11. The summed E-state index contributed by atoms with van der Waals surface area (Å²) in [4.78, 5) is 8.38. The van der Waals surface area contributed by atoms with Gasteiger partial charge in [-0.05, 0) is 22.8 Å². The topological polar surface area (TPSA) is 120 Å². The van der Waals surface area contributed by atoms with Gasteiger partial charge in [-0.3, -0.25) is 4.68 Å². The van der Waals surface area contributed by atoms with Crippen LogP contribution in [-0.2, 0) is 13.0 Å². The second kappa shape index (κ2) is 6.19. The molecule has 0 saturated heterocycles. The standard InChI is InChI=1S/C16H16N8O/c1-25-14-3-2-10(6-18-14)8-24-9-11(7-19-24)4-12-5-13(17)20-16-15(12)21-23-22-16/h2-3,5-7,9H,4,8H2,1H3,(H3,17,20,21,22,23). The Balaban J connectivity index is 1.53. The number of hydrogen-bond donors (Lipinski definition) is 2. The van der Waals surface area contributed by atoms with Crippen molar-refractivity contribution in [2.45, 2.75) is 13.0 Å². The maximum absolute atomic E-state index is 5.84. The highest BCUT2D eigenvalue weighted by Crippen LogP contribution is 2.19. The van der Waals surface area contributed by atoms with Crippen LogP contribution in [0.2, 0.25) is 0 Å². The Morgan fingerprint density at radius 3 is 2.96 bits per heavy atom. The molecule has 0 fully saturated rings. The number of H-pyrrole nitrogens is 1. The number of methoxy groups -OCH3 is 1. The number of anilines is 1. The van der Waals surface area contributed by atoms with Crippen LogP contribution >= 0.6 is 0 Å². The predicted molar refractivity (Wildman–Crippen MR) is 91.0 cm³/mol. The lowest BCUT2D eigenvalue weighted by molar-refractivity contribution is 0.397. The molecule has 4 aromatic rings. The molecule has 0 bridgehead atoms. The molecular weight excluding hydrogens is 320 g/mol. The molecule has 126 valence electrons. The van der Waals surface area contributed by atoms with E-state index in [9.17, 15) is 0 Å². The average molecular weight is 336 g/mol. The van der Waals surface area contributed by atoms with Gasteiger partial charge >= 0.3 is 0 Å². The summed E-state index contributed by atoms with van der Waals surface area (Å²) in [6.45, 7) is 0.634. The van der Waals surface area contributed by atoms with Crippen molar-refractivity contribution in [2.75, 3.05) is 12.8 Å². The van der Waals surface area contributed by atoms with Gasteiger partial charge in [0.1, 0.15) is 11.3 Å². The molecule has 25 heavy (non-hydrogen) atoms. The highest BCUT2D eigenvalue weighted by atomic mass is 16.5. The number of nitrogens with zero attached hydrogens (tertiary/aromatic N) is 6. The monoisotopic (exact) mass is 336 g/mol. The summed E-state index contributed by atoms with van der Waals surface area (Å²) < 4.78 is 6.93. The van der Waals surface area contributed by atoms with Crippen LogP contribution in [0.25, 0.3) is 11.2 Å². The number of pyridine rings is 2. The number of fused-ring (bicyclic) bond motifs is 1. The number of hydrogen-bond acceptors (Lipinski definition) is 7. The number of rotatable bonds is 5. The van der Waals surface area contributed by atoms with Crippen LogP contribution < -0.4 is 10.5 Å². The summed E-state index contributed by atoms with van der Waals surface area (Å²) in [5.41, 5.74) is 10.2. The van der Waals surface area contributed by atoms with Crippen molar-refractivity contribution < 1.29 is 4.74 Å². The van der Waals surface area contributed by atoms with Crippen LogP contribution in [0.15, 0.2) is 36.8 Å². The first kappa shape index (κ1) is 15.1. The Hall–Kier alpha value is -3.49. The van der Waals surface area contributed by atoms with Crippen LogP contribution in [0, 0.1) is 0 Å². The average Bonchev–Trinajstić information content (AvgIpc) is 3.25. The molecule has 0 aliphatic rings. The lowest BCUT2D eigenvalue weighted by Gasteiger charge is -2.03. The van der Waals surface area contributed by atoms with Crippen LogP contribution in [0.5, 0.6) is 5.88 Å². The van der Waals surface area contributed by atoms with Gasteiger partial charge in [0.05, 0.1) is 19.9 Å². The molecule has 0 atom stereocenters. The van der Waals surface area contributed by atoms with E-state index >= 15 is 0 Å². The molecule has 0 aliphatic carbocycles. The number of ether oxygens (including phenoxy) is 1. The van der Waals surface area contributed by atoms with E-state index in [-0.39, 0.29) is 0 Å². The third-order valence-corrected chi connectivity index (χ3v) is 3.83. The fraction of sp³-hybridized carbons (Fsp3) is 0.188. The lowest BCUT2D eigenvalue weighted by Crippen LogP contribution is -2.01. The minimum Gasteiger partial charge on any atom is -0.481 e. The summed E-state index contributed by atoms with van der Waals surface area (Å²) in [6, 6.07) is 5.62. The van der Waals surface area contributed by atoms with Gasteiger partial charge in [0.15, 0.2) is 5.65 Å². The van der Waals surface area contributed by atoms with Gasteiger partial charge in [0.25, 0.3) is 0 Å². The van der Waals surface area contributed by atoms with Crippen LogP contribution in [-0.4, -0.2) is 42.3 Å². The second-order valence-corrected chi connectivity index (χ2v) is 5.65. The number of nitrogens with two attached hydrogens (primary N) is 1. The first-order valence-electron chi connectivity index (χ1n) is 7.67. The molecule has 0 saturated carbocycles. The summed E-state index contributed by atoms with van der Waals surface area (Å²) >= 11 is 0. The molecule has 4 heterocycles. The number of nitrogen functional groups attached to an aromatic ring is 1. The molecule has 9 heteroatoms. The van der Waals surface area contributed by atoms with Crippen molar-refractivity contribution in [3.05, 3.63) is 53.5 Å². The van der Waals surface area contributed by atoms with E-state index in [0.29, 0.717) is 30.3 Å². The zero-order valence-electron chi connectivity index (χ0n) is 13.5. The Morgan fingerprint density at radius 1 is 1.24 bits per heavy atom. The molecule has 0 aromatic carbocycles. The minimum atomic E-state index is 0.435. The first-order valence-corrected chi connectivity index (χ1v) is 7.67. The van der Waals surface area contributed by atoms with Crippen LogP contribution in [0.1, 0.15) is 16.7 Å². The Bertz CT molecular complexity index is 1000. The fourth-order valence-electron chi connectivity index (χ4n) is 2.68. The molecule has 0 unspecified atom stereocenters. The summed E-state index contributed by atoms with van der Waals surface area (Å²) in [5.74, 6) is 1.03. The van der Waals surface area contributed by atoms with Crippen LogP contribution in [0.3, 0.4) is 0 Å². The van der Waals surface area contributed by atoms with E-state index in [1.54, 1.807) is 13.3 Å². The van der Waals surface area contributed by atoms with Gasteiger partial charge in [-0.2, -0.15) is 5.10 Å². The molecular formula is C16H16N8O. The molecule has 0 radical (unpaired) electrons. The van der Waals surface area contributed by atoms with Gasteiger partial charge in [0, 0.05) is 24.9 Å². The van der Waals surface area contributed by atoms with Gasteiger partial charge in [-0.15, -0.1) is 5.10 Å². The molecule has 4 aromatic heterocycles. The van der Waals surface area contributed by atoms with Gasteiger partial charge < -0.3 is 10.5 Å². The maximum Gasteiger partial charge on any atom is 0.212 e. The first-order chi connectivity index (χ1) is 12.2. The second-order valence-electron chi connectivity index (χ2n) is 5.65. The quantitative estimate of drug-likeness (QED) is 0.561. The normalized spacial score (nSPS) is 11.1. The van der Waals surface area contributed by atoms with E-state index in [0.717, 1.165) is 22.2 Å². The van der Waals surface area contributed by atoms with E-state index < -0.39 is 0 Å². The molecule has 9 nitrogen and oxygen atoms in total. The van der Waals surface area contributed by atoms with Crippen molar-refractivity contribution >= 4 is 17.0 Å². The Kier molecular flexibility index (Phi) is 3.73. The molecule has 4 rings (SSSR count). The minimum absolute atomic E-state index is 0.435. The molecule has 0 spiro atoms. The van der Waals surface area contributed by atoms with Crippen molar-refractivity contribution in [1.29, 1.82) is 0 Å². The van der Waals surface area contributed by atoms with E-state index in [1.165, 1.54) is 0 Å². The molecule has 0 amide bonds. The SMILES string of the molecule is COc1ccc(Cn2cc(Cc3cc(N)nc4[nH]nnc34)cn2)cn1. The third-order valence-electron chi connectivity index (χ3n) is 3.83. The highest BCUT2D eigenvalue weighted by molar-refractivity contribution is 5.76. The zero-order valence-corrected chi connectivity index (χ0v) is 13.5. The van der Waals surface area contributed by atoms with E-state index in [1.807, 2.05) is 35.3 Å². The number of aromatic nitrogens is 7. The van der Waals surface area contributed by atoms with Crippen LogP contribution in [0.4, 0.5) is 5.82 Å². The molecule has 0 aliphatic heterocycles.